The number of hydrogen-bond acceptors (Lipinski definition) is 5. The molecule has 0 aromatic carbocycles. The fourth-order valence-corrected chi connectivity index (χ4v) is 1.74. The molecule has 0 saturated carbocycles. The minimum atomic E-state index is 0.245. The minimum absolute atomic E-state index is 0.245. The molecule has 3 aromatic rings. The van der Waals surface area contributed by atoms with Gasteiger partial charge in [0.05, 0.1) is 17.0 Å². The van der Waals surface area contributed by atoms with Crippen molar-refractivity contribution in [1.29, 1.82) is 0 Å². The topological polar surface area (TPSA) is 77.8 Å². The number of rotatable bonds is 2. The molecule has 3 heterocycles. The predicted octanol–water partition coefficient (Wildman–Crippen LogP) is 2.38. The normalized spacial score (nSPS) is 10.4. The molecule has 0 bridgehead atoms. The largest absolute Gasteiger partial charge is 0.367 e. The molecule has 0 amide bonds. The lowest BCUT2D eigenvalue weighted by atomic mass is 10.1. The van der Waals surface area contributed by atoms with E-state index >= 15 is 0 Å². The van der Waals surface area contributed by atoms with Gasteiger partial charge in [0.2, 0.25) is 5.88 Å². The van der Waals surface area contributed by atoms with Gasteiger partial charge < -0.3 is 10.3 Å². The molecule has 0 saturated heterocycles. The van der Waals surface area contributed by atoms with E-state index in [2.05, 4.69) is 15.1 Å². The van der Waals surface area contributed by atoms with Crippen LogP contribution < -0.4 is 5.73 Å². The number of nitrogen functional groups attached to an aromatic ring is 1. The Hall–Kier alpha value is -2.69. The van der Waals surface area contributed by atoms with Gasteiger partial charge in [-0.1, -0.05) is 17.3 Å². The highest BCUT2D eigenvalue weighted by Gasteiger charge is 2.18. The fourth-order valence-electron chi connectivity index (χ4n) is 1.74. The minimum Gasteiger partial charge on any atom is -0.367 e. The Morgan fingerprint density at radius 3 is 2.17 bits per heavy atom. The van der Waals surface area contributed by atoms with Crippen LogP contribution in [0.5, 0.6) is 0 Å². The number of hydrogen-bond donors (Lipinski definition) is 1. The average Bonchev–Trinajstić information content (AvgIpc) is 2.83. The van der Waals surface area contributed by atoms with Crippen LogP contribution in [0.4, 0.5) is 5.88 Å². The summed E-state index contributed by atoms with van der Waals surface area (Å²) in [5.41, 5.74) is 8.52. The lowest BCUT2D eigenvalue weighted by Crippen LogP contribution is -1.90. The van der Waals surface area contributed by atoms with Gasteiger partial charge in [-0.25, -0.2) is 0 Å². The van der Waals surface area contributed by atoms with Gasteiger partial charge in [0.15, 0.2) is 0 Å². The predicted molar refractivity (Wildman–Crippen MR) is 67.4 cm³/mol. The first kappa shape index (κ1) is 10.5. The van der Waals surface area contributed by atoms with Crippen molar-refractivity contribution in [3.63, 3.8) is 0 Å². The van der Waals surface area contributed by atoms with Gasteiger partial charge in [0, 0.05) is 12.4 Å². The van der Waals surface area contributed by atoms with Crippen LogP contribution in [0.15, 0.2) is 53.3 Å². The van der Waals surface area contributed by atoms with Crippen molar-refractivity contribution in [1.82, 2.24) is 15.1 Å². The van der Waals surface area contributed by atoms with Gasteiger partial charge in [0.1, 0.15) is 5.69 Å². The summed E-state index contributed by atoms with van der Waals surface area (Å²) in [6.45, 7) is 0. The molecule has 0 atom stereocenters. The molecule has 88 valence electrons. The molecular formula is C13H10N4O. The molecule has 2 N–H and O–H groups in total. The van der Waals surface area contributed by atoms with E-state index in [0.717, 1.165) is 5.69 Å². The second-order valence-corrected chi connectivity index (χ2v) is 3.70. The number of anilines is 1. The van der Waals surface area contributed by atoms with E-state index in [-0.39, 0.29) is 5.88 Å². The Labute approximate surface area is 103 Å². The van der Waals surface area contributed by atoms with E-state index < -0.39 is 0 Å². The van der Waals surface area contributed by atoms with Crippen LogP contribution in [0.25, 0.3) is 22.6 Å². The molecule has 0 aliphatic carbocycles. The van der Waals surface area contributed by atoms with E-state index in [4.69, 9.17) is 10.3 Å². The molecule has 0 fully saturated rings. The number of nitrogens with two attached hydrogens (primary N) is 1. The summed E-state index contributed by atoms with van der Waals surface area (Å²) >= 11 is 0. The lowest BCUT2D eigenvalue weighted by molar-refractivity contribution is 0.439. The zero-order chi connectivity index (χ0) is 12.4. The summed E-state index contributed by atoms with van der Waals surface area (Å²) in [4.78, 5) is 8.50. The number of aromatic nitrogens is 3. The molecule has 0 spiro atoms. The monoisotopic (exact) mass is 238 g/mol. The zero-order valence-corrected chi connectivity index (χ0v) is 9.45. The van der Waals surface area contributed by atoms with E-state index in [1.807, 2.05) is 36.4 Å². The first-order valence-corrected chi connectivity index (χ1v) is 5.44. The molecule has 18 heavy (non-hydrogen) atoms. The van der Waals surface area contributed by atoms with Crippen LogP contribution in [-0.2, 0) is 0 Å². The van der Waals surface area contributed by atoms with Gasteiger partial charge in [-0.3, -0.25) is 9.97 Å². The molecule has 0 radical (unpaired) electrons. The summed E-state index contributed by atoms with van der Waals surface area (Å²) in [7, 11) is 0. The highest BCUT2D eigenvalue weighted by molar-refractivity contribution is 5.83. The number of pyridine rings is 2. The van der Waals surface area contributed by atoms with Crippen LogP contribution in [-0.4, -0.2) is 15.1 Å². The molecule has 0 unspecified atom stereocenters. The van der Waals surface area contributed by atoms with Crippen molar-refractivity contribution in [2.75, 3.05) is 5.73 Å². The second kappa shape index (κ2) is 4.29. The smallest absolute Gasteiger partial charge is 0.232 e. The summed E-state index contributed by atoms with van der Waals surface area (Å²) in [5.74, 6) is 0.245. The standard InChI is InChI=1S/C13H10N4O/c14-13-11(9-5-1-3-7-15-9)12(17-18-13)10-6-2-4-8-16-10/h1-8H,14H2. The quantitative estimate of drug-likeness (QED) is 0.741. The average molecular weight is 238 g/mol. The maximum Gasteiger partial charge on any atom is 0.232 e. The summed E-state index contributed by atoms with van der Waals surface area (Å²) in [6.07, 6.45) is 3.40. The van der Waals surface area contributed by atoms with E-state index in [1.54, 1.807) is 12.4 Å². The third kappa shape index (κ3) is 1.71. The first-order valence-electron chi connectivity index (χ1n) is 5.44. The number of nitrogens with zero attached hydrogens (tertiary/aromatic N) is 3. The van der Waals surface area contributed by atoms with Crippen molar-refractivity contribution in [2.24, 2.45) is 0 Å². The Kier molecular flexibility index (Phi) is 2.49. The van der Waals surface area contributed by atoms with E-state index in [9.17, 15) is 0 Å². The second-order valence-electron chi connectivity index (χ2n) is 3.70. The Balaban J connectivity index is 2.19. The molecular weight excluding hydrogens is 228 g/mol. The summed E-state index contributed by atoms with van der Waals surface area (Å²) in [5, 5.41) is 3.96. The SMILES string of the molecule is Nc1onc(-c2ccccn2)c1-c1ccccn1. The van der Waals surface area contributed by atoms with Crippen molar-refractivity contribution < 1.29 is 4.52 Å². The van der Waals surface area contributed by atoms with Gasteiger partial charge >= 0.3 is 0 Å². The van der Waals surface area contributed by atoms with Crippen molar-refractivity contribution >= 4 is 5.88 Å². The van der Waals surface area contributed by atoms with E-state index in [0.29, 0.717) is 17.0 Å². The van der Waals surface area contributed by atoms with Crippen LogP contribution in [0.1, 0.15) is 0 Å². The molecule has 0 aliphatic rings. The van der Waals surface area contributed by atoms with Crippen molar-refractivity contribution in [3.05, 3.63) is 48.8 Å². The Bertz CT molecular complexity index is 649. The van der Waals surface area contributed by atoms with Gasteiger partial charge in [-0.15, -0.1) is 0 Å². The molecule has 5 nitrogen and oxygen atoms in total. The Morgan fingerprint density at radius 1 is 0.889 bits per heavy atom. The maximum atomic E-state index is 5.81. The third-order valence-corrected chi connectivity index (χ3v) is 2.55. The molecule has 3 aromatic heterocycles. The van der Waals surface area contributed by atoms with Gasteiger partial charge in [0.25, 0.3) is 0 Å². The summed E-state index contributed by atoms with van der Waals surface area (Å²) < 4.78 is 5.05. The first-order chi connectivity index (χ1) is 8.86. The van der Waals surface area contributed by atoms with Gasteiger partial charge in [-0.05, 0) is 24.3 Å². The zero-order valence-electron chi connectivity index (χ0n) is 9.45. The van der Waals surface area contributed by atoms with Crippen molar-refractivity contribution in [3.8, 4) is 22.6 Å². The van der Waals surface area contributed by atoms with Crippen LogP contribution in [0, 0.1) is 0 Å². The van der Waals surface area contributed by atoms with Crippen LogP contribution >= 0.6 is 0 Å². The Morgan fingerprint density at radius 2 is 1.56 bits per heavy atom. The maximum absolute atomic E-state index is 5.81. The summed E-state index contributed by atoms with van der Waals surface area (Å²) in [6, 6.07) is 11.2. The third-order valence-electron chi connectivity index (χ3n) is 2.55. The van der Waals surface area contributed by atoms with Crippen LogP contribution in [0.2, 0.25) is 0 Å². The highest BCUT2D eigenvalue weighted by atomic mass is 16.5. The van der Waals surface area contributed by atoms with Crippen molar-refractivity contribution in [2.45, 2.75) is 0 Å². The van der Waals surface area contributed by atoms with Gasteiger partial charge in [-0.2, -0.15) is 0 Å². The lowest BCUT2D eigenvalue weighted by Gasteiger charge is -2.00. The van der Waals surface area contributed by atoms with E-state index in [1.165, 1.54) is 0 Å². The molecule has 5 heteroatoms. The molecule has 3 rings (SSSR count). The fraction of sp³-hybridized carbons (Fsp3) is 0. The molecule has 0 aliphatic heterocycles. The van der Waals surface area contributed by atoms with Crippen LogP contribution in [0.3, 0.4) is 0 Å². The highest BCUT2D eigenvalue weighted by Crippen LogP contribution is 2.33.